The summed E-state index contributed by atoms with van der Waals surface area (Å²) < 4.78 is 5.17. The minimum absolute atomic E-state index is 0.0231. The van der Waals surface area contributed by atoms with Crippen LogP contribution in [0.25, 0.3) is 0 Å². The number of ether oxygens (including phenoxy) is 1. The molecule has 1 heterocycles. The van der Waals surface area contributed by atoms with Crippen molar-refractivity contribution >= 4 is 11.8 Å². The number of hydrogen-bond donors (Lipinski definition) is 1. The molecule has 0 spiro atoms. The molecule has 0 saturated carbocycles. The van der Waals surface area contributed by atoms with E-state index in [9.17, 15) is 9.59 Å². The Kier molecular flexibility index (Phi) is 7.25. The first-order valence-corrected chi connectivity index (χ1v) is 10.0. The number of carbonyl (C=O) groups is 2. The third kappa shape index (κ3) is 5.57. The molecule has 3 rings (SSSR count). The third-order valence-electron chi connectivity index (χ3n) is 5.32. The Morgan fingerprint density at radius 2 is 1.83 bits per heavy atom. The Labute approximate surface area is 172 Å². The predicted molar refractivity (Wildman–Crippen MR) is 112 cm³/mol. The van der Waals surface area contributed by atoms with Gasteiger partial charge in [0.05, 0.1) is 13.0 Å². The molecule has 2 N–H and O–H groups in total. The van der Waals surface area contributed by atoms with Crippen molar-refractivity contribution in [2.45, 2.75) is 19.4 Å². The van der Waals surface area contributed by atoms with Crippen molar-refractivity contribution in [3.8, 4) is 5.75 Å². The molecule has 2 aromatic rings. The third-order valence-corrected chi connectivity index (χ3v) is 5.32. The van der Waals surface area contributed by atoms with E-state index < -0.39 is 0 Å². The molecule has 0 radical (unpaired) electrons. The first kappa shape index (κ1) is 20.9. The zero-order valence-electron chi connectivity index (χ0n) is 16.9. The molecule has 6 nitrogen and oxygen atoms in total. The topological polar surface area (TPSA) is 75.9 Å². The summed E-state index contributed by atoms with van der Waals surface area (Å²) in [5.74, 6) is 0.528. The van der Waals surface area contributed by atoms with Crippen molar-refractivity contribution in [1.82, 2.24) is 9.80 Å². The molecule has 1 fully saturated rings. The van der Waals surface area contributed by atoms with Gasteiger partial charge in [-0.25, -0.2) is 0 Å². The van der Waals surface area contributed by atoms with Gasteiger partial charge in [-0.3, -0.25) is 9.59 Å². The second-order valence-electron chi connectivity index (χ2n) is 7.37. The van der Waals surface area contributed by atoms with Gasteiger partial charge < -0.3 is 20.3 Å². The molecule has 0 aliphatic carbocycles. The lowest BCUT2D eigenvalue weighted by Crippen LogP contribution is -2.41. The SMILES string of the molecule is COc1ccc(CN2CC(C(=O)N(CCN)CCc3ccccc3)CC2=O)cc1. The molecule has 1 saturated heterocycles. The van der Waals surface area contributed by atoms with Gasteiger partial charge in [-0.2, -0.15) is 0 Å². The Morgan fingerprint density at radius 1 is 1.10 bits per heavy atom. The summed E-state index contributed by atoms with van der Waals surface area (Å²) in [5.41, 5.74) is 7.94. The predicted octanol–water partition coefficient (Wildman–Crippen LogP) is 2.07. The van der Waals surface area contributed by atoms with Gasteiger partial charge in [0.15, 0.2) is 0 Å². The van der Waals surface area contributed by atoms with Crippen molar-refractivity contribution < 1.29 is 14.3 Å². The number of benzene rings is 2. The normalized spacial score (nSPS) is 16.1. The Balaban J connectivity index is 1.59. The van der Waals surface area contributed by atoms with E-state index in [0.29, 0.717) is 32.7 Å². The molecular weight excluding hydrogens is 366 g/mol. The van der Waals surface area contributed by atoms with E-state index in [2.05, 4.69) is 12.1 Å². The Morgan fingerprint density at radius 3 is 2.48 bits per heavy atom. The maximum absolute atomic E-state index is 13.1. The van der Waals surface area contributed by atoms with Gasteiger partial charge in [-0.15, -0.1) is 0 Å². The maximum Gasteiger partial charge on any atom is 0.228 e. The van der Waals surface area contributed by atoms with Gasteiger partial charge in [-0.05, 0) is 29.7 Å². The van der Waals surface area contributed by atoms with Crippen LogP contribution in [0, 0.1) is 5.92 Å². The van der Waals surface area contributed by atoms with E-state index >= 15 is 0 Å². The Bertz CT molecular complexity index is 808. The largest absolute Gasteiger partial charge is 0.497 e. The molecule has 29 heavy (non-hydrogen) atoms. The molecule has 1 aliphatic rings. The van der Waals surface area contributed by atoms with Crippen LogP contribution in [0.4, 0.5) is 0 Å². The summed E-state index contributed by atoms with van der Waals surface area (Å²) in [6, 6.07) is 17.7. The van der Waals surface area contributed by atoms with Crippen LogP contribution in [0.3, 0.4) is 0 Å². The quantitative estimate of drug-likeness (QED) is 0.705. The second kappa shape index (κ2) is 10.1. The number of amides is 2. The van der Waals surface area contributed by atoms with Crippen LogP contribution in [0.1, 0.15) is 17.5 Å². The zero-order chi connectivity index (χ0) is 20.6. The summed E-state index contributed by atoms with van der Waals surface area (Å²) in [6.07, 6.45) is 1.05. The molecule has 6 heteroatoms. The van der Waals surface area contributed by atoms with Crippen LogP contribution in [-0.4, -0.2) is 54.9 Å². The lowest BCUT2D eigenvalue weighted by molar-refractivity contribution is -0.135. The van der Waals surface area contributed by atoms with E-state index in [1.165, 1.54) is 5.56 Å². The fraction of sp³-hybridized carbons (Fsp3) is 0.391. The lowest BCUT2D eigenvalue weighted by atomic mass is 10.1. The van der Waals surface area contributed by atoms with Crippen LogP contribution in [0.5, 0.6) is 5.75 Å². The fourth-order valence-corrected chi connectivity index (χ4v) is 3.70. The van der Waals surface area contributed by atoms with Crippen LogP contribution >= 0.6 is 0 Å². The summed E-state index contributed by atoms with van der Waals surface area (Å²) in [6.45, 7) is 2.50. The average Bonchev–Trinajstić information content (AvgIpc) is 3.12. The highest BCUT2D eigenvalue weighted by atomic mass is 16.5. The minimum atomic E-state index is -0.303. The van der Waals surface area contributed by atoms with Crippen molar-refractivity contribution in [2.24, 2.45) is 11.7 Å². The lowest BCUT2D eigenvalue weighted by Gasteiger charge is -2.25. The smallest absolute Gasteiger partial charge is 0.228 e. The van der Waals surface area contributed by atoms with Gasteiger partial charge in [-0.1, -0.05) is 42.5 Å². The highest BCUT2D eigenvalue weighted by Gasteiger charge is 2.36. The van der Waals surface area contributed by atoms with Gasteiger partial charge in [0.2, 0.25) is 11.8 Å². The number of rotatable bonds is 9. The molecule has 2 amide bonds. The van der Waals surface area contributed by atoms with E-state index in [-0.39, 0.29) is 24.2 Å². The first-order valence-electron chi connectivity index (χ1n) is 10.0. The standard InChI is InChI=1S/C23H29N3O3/c1-29-21-9-7-19(8-10-21)16-26-17-20(15-22(26)27)23(28)25(14-12-24)13-11-18-5-3-2-4-6-18/h2-10,20H,11-17,24H2,1H3. The van der Waals surface area contributed by atoms with Crippen molar-refractivity contribution in [3.63, 3.8) is 0 Å². The van der Waals surface area contributed by atoms with Crippen LogP contribution in [0.15, 0.2) is 54.6 Å². The van der Waals surface area contributed by atoms with E-state index in [1.54, 1.807) is 12.0 Å². The molecule has 154 valence electrons. The molecule has 1 aliphatic heterocycles. The van der Waals surface area contributed by atoms with Crippen LogP contribution < -0.4 is 10.5 Å². The zero-order valence-corrected chi connectivity index (χ0v) is 16.9. The molecular formula is C23H29N3O3. The minimum Gasteiger partial charge on any atom is -0.497 e. The average molecular weight is 396 g/mol. The van der Waals surface area contributed by atoms with Gasteiger partial charge in [0.25, 0.3) is 0 Å². The van der Waals surface area contributed by atoms with Crippen LogP contribution in [0.2, 0.25) is 0 Å². The number of hydrogen-bond acceptors (Lipinski definition) is 4. The van der Waals surface area contributed by atoms with Crippen molar-refractivity contribution in [1.29, 1.82) is 0 Å². The second-order valence-corrected chi connectivity index (χ2v) is 7.37. The van der Waals surface area contributed by atoms with Crippen LogP contribution in [-0.2, 0) is 22.6 Å². The summed E-state index contributed by atoms with van der Waals surface area (Å²) in [4.78, 5) is 29.1. The Hall–Kier alpha value is -2.86. The monoisotopic (exact) mass is 395 g/mol. The van der Waals surface area contributed by atoms with E-state index in [4.69, 9.17) is 10.5 Å². The number of methoxy groups -OCH3 is 1. The number of nitrogens with zero attached hydrogens (tertiary/aromatic N) is 2. The molecule has 0 aromatic heterocycles. The summed E-state index contributed by atoms with van der Waals surface area (Å²) >= 11 is 0. The molecule has 0 bridgehead atoms. The van der Waals surface area contributed by atoms with Crippen molar-refractivity contribution in [2.75, 3.05) is 33.3 Å². The highest BCUT2D eigenvalue weighted by molar-refractivity contribution is 5.89. The van der Waals surface area contributed by atoms with Gasteiger partial charge >= 0.3 is 0 Å². The maximum atomic E-state index is 13.1. The number of carbonyl (C=O) groups excluding carboxylic acids is 2. The molecule has 2 aromatic carbocycles. The highest BCUT2D eigenvalue weighted by Crippen LogP contribution is 2.23. The van der Waals surface area contributed by atoms with Crippen molar-refractivity contribution in [3.05, 3.63) is 65.7 Å². The van der Waals surface area contributed by atoms with E-state index in [0.717, 1.165) is 17.7 Å². The summed E-state index contributed by atoms with van der Waals surface area (Å²) in [7, 11) is 1.63. The fourth-order valence-electron chi connectivity index (χ4n) is 3.70. The summed E-state index contributed by atoms with van der Waals surface area (Å²) in [5, 5.41) is 0. The first-order chi connectivity index (χ1) is 14.1. The number of nitrogens with two attached hydrogens (primary N) is 1. The molecule has 1 unspecified atom stereocenters. The molecule has 1 atom stereocenters. The van der Waals surface area contributed by atoms with Gasteiger partial charge in [0.1, 0.15) is 5.75 Å². The number of likely N-dealkylation sites (tertiary alicyclic amines) is 1. The van der Waals surface area contributed by atoms with E-state index in [1.807, 2.05) is 47.4 Å². The van der Waals surface area contributed by atoms with Gasteiger partial charge in [0, 0.05) is 39.1 Å².